The van der Waals surface area contributed by atoms with Gasteiger partial charge >= 0.3 is 0 Å². The quantitative estimate of drug-likeness (QED) is 0.700. The van der Waals surface area contributed by atoms with Gasteiger partial charge in [0.15, 0.2) is 5.82 Å². The standard InChI is InChI=1S/C17H18N4O2/c1-22-11-14-6-4-8-16(20-14)17-18-12-19-21(17)10-13-5-3-7-15(9-13)23-2/h3-9,12H,10-11H2,1-2H3. The first kappa shape index (κ1) is 15.2. The van der Waals surface area contributed by atoms with Gasteiger partial charge < -0.3 is 9.47 Å². The van der Waals surface area contributed by atoms with Gasteiger partial charge in [-0.3, -0.25) is 0 Å². The van der Waals surface area contributed by atoms with Crippen molar-refractivity contribution in [2.24, 2.45) is 0 Å². The summed E-state index contributed by atoms with van der Waals surface area (Å²) in [6, 6.07) is 13.7. The van der Waals surface area contributed by atoms with E-state index in [1.807, 2.05) is 47.1 Å². The summed E-state index contributed by atoms with van der Waals surface area (Å²) in [4.78, 5) is 8.91. The largest absolute Gasteiger partial charge is 0.497 e. The number of benzene rings is 1. The monoisotopic (exact) mass is 310 g/mol. The van der Waals surface area contributed by atoms with Crippen LogP contribution in [0.15, 0.2) is 48.8 Å². The van der Waals surface area contributed by atoms with Crippen LogP contribution in [-0.4, -0.2) is 34.0 Å². The molecule has 6 heteroatoms. The molecule has 0 aliphatic rings. The van der Waals surface area contributed by atoms with Gasteiger partial charge in [-0.1, -0.05) is 18.2 Å². The van der Waals surface area contributed by atoms with Crippen molar-refractivity contribution in [3.8, 4) is 17.3 Å². The average molecular weight is 310 g/mol. The molecule has 0 N–H and O–H groups in total. The van der Waals surface area contributed by atoms with Crippen molar-refractivity contribution in [3.63, 3.8) is 0 Å². The van der Waals surface area contributed by atoms with E-state index in [2.05, 4.69) is 15.1 Å². The van der Waals surface area contributed by atoms with E-state index in [1.54, 1.807) is 20.5 Å². The number of nitrogens with zero attached hydrogens (tertiary/aromatic N) is 4. The molecular weight excluding hydrogens is 292 g/mol. The lowest BCUT2D eigenvalue weighted by atomic mass is 10.2. The minimum absolute atomic E-state index is 0.470. The van der Waals surface area contributed by atoms with Crippen LogP contribution < -0.4 is 4.74 Å². The fourth-order valence-electron chi connectivity index (χ4n) is 2.35. The van der Waals surface area contributed by atoms with Crippen molar-refractivity contribution in [3.05, 3.63) is 60.0 Å². The molecule has 6 nitrogen and oxygen atoms in total. The lowest BCUT2D eigenvalue weighted by molar-refractivity contribution is 0.181. The van der Waals surface area contributed by atoms with Crippen LogP contribution in [0.2, 0.25) is 0 Å². The van der Waals surface area contributed by atoms with E-state index < -0.39 is 0 Å². The summed E-state index contributed by atoms with van der Waals surface area (Å²) in [5.41, 5.74) is 2.73. The Morgan fingerprint density at radius 1 is 1.09 bits per heavy atom. The summed E-state index contributed by atoms with van der Waals surface area (Å²) in [5, 5.41) is 4.31. The fraction of sp³-hybridized carbons (Fsp3) is 0.235. The first-order valence-corrected chi connectivity index (χ1v) is 7.26. The molecule has 3 aromatic rings. The number of pyridine rings is 1. The molecule has 0 bridgehead atoms. The van der Waals surface area contributed by atoms with E-state index in [0.717, 1.165) is 28.5 Å². The van der Waals surface area contributed by atoms with Crippen molar-refractivity contribution in [1.29, 1.82) is 0 Å². The van der Waals surface area contributed by atoms with Gasteiger partial charge in [-0.2, -0.15) is 5.10 Å². The Balaban J connectivity index is 1.88. The third-order valence-corrected chi connectivity index (χ3v) is 3.41. The smallest absolute Gasteiger partial charge is 0.177 e. The Hall–Kier alpha value is -2.73. The van der Waals surface area contributed by atoms with Gasteiger partial charge in [-0.05, 0) is 29.8 Å². The molecule has 118 valence electrons. The zero-order valence-electron chi connectivity index (χ0n) is 13.1. The Labute approximate surface area is 134 Å². The predicted octanol–water partition coefficient (Wildman–Crippen LogP) is 2.54. The second kappa shape index (κ2) is 7.02. The van der Waals surface area contributed by atoms with Gasteiger partial charge in [-0.25, -0.2) is 14.6 Å². The second-order valence-corrected chi connectivity index (χ2v) is 5.04. The number of methoxy groups -OCH3 is 2. The maximum Gasteiger partial charge on any atom is 0.177 e. The van der Waals surface area contributed by atoms with Crippen molar-refractivity contribution >= 4 is 0 Å². The van der Waals surface area contributed by atoms with Crippen LogP contribution in [-0.2, 0) is 17.9 Å². The third-order valence-electron chi connectivity index (χ3n) is 3.41. The number of ether oxygens (including phenoxy) is 2. The first-order chi connectivity index (χ1) is 11.3. The zero-order valence-corrected chi connectivity index (χ0v) is 13.1. The molecule has 0 aliphatic heterocycles. The van der Waals surface area contributed by atoms with E-state index in [-0.39, 0.29) is 0 Å². The third kappa shape index (κ3) is 3.54. The SMILES string of the molecule is COCc1cccc(-c2ncnn2Cc2cccc(OC)c2)n1. The lowest BCUT2D eigenvalue weighted by Gasteiger charge is -2.08. The molecule has 0 spiro atoms. The van der Waals surface area contributed by atoms with Crippen LogP contribution in [0.4, 0.5) is 0 Å². The van der Waals surface area contributed by atoms with Crippen molar-refractivity contribution in [1.82, 2.24) is 19.7 Å². The number of aromatic nitrogens is 4. The van der Waals surface area contributed by atoms with Gasteiger partial charge in [0.05, 0.1) is 26.0 Å². The molecule has 0 radical (unpaired) electrons. The maximum atomic E-state index is 5.26. The number of rotatable bonds is 6. The van der Waals surface area contributed by atoms with Crippen LogP contribution in [0.25, 0.3) is 11.5 Å². The molecule has 0 saturated heterocycles. The van der Waals surface area contributed by atoms with Crippen LogP contribution >= 0.6 is 0 Å². The van der Waals surface area contributed by atoms with Crippen LogP contribution in [0, 0.1) is 0 Å². The molecule has 1 aromatic carbocycles. The highest BCUT2D eigenvalue weighted by Crippen LogP contribution is 2.18. The van der Waals surface area contributed by atoms with Gasteiger partial charge in [0.25, 0.3) is 0 Å². The second-order valence-electron chi connectivity index (χ2n) is 5.04. The molecule has 0 fully saturated rings. The normalized spacial score (nSPS) is 10.7. The molecule has 2 aromatic heterocycles. The first-order valence-electron chi connectivity index (χ1n) is 7.26. The van der Waals surface area contributed by atoms with Gasteiger partial charge in [-0.15, -0.1) is 0 Å². The predicted molar refractivity (Wildman–Crippen MR) is 86.1 cm³/mol. The highest BCUT2D eigenvalue weighted by atomic mass is 16.5. The van der Waals surface area contributed by atoms with E-state index >= 15 is 0 Å². The van der Waals surface area contributed by atoms with E-state index in [0.29, 0.717) is 13.2 Å². The van der Waals surface area contributed by atoms with E-state index in [4.69, 9.17) is 9.47 Å². The lowest BCUT2D eigenvalue weighted by Crippen LogP contribution is -2.06. The molecule has 0 amide bonds. The molecule has 2 heterocycles. The van der Waals surface area contributed by atoms with E-state index in [1.165, 1.54) is 0 Å². The summed E-state index contributed by atoms with van der Waals surface area (Å²) in [6.07, 6.45) is 1.54. The molecular formula is C17H18N4O2. The summed E-state index contributed by atoms with van der Waals surface area (Å²) >= 11 is 0. The minimum Gasteiger partial charge on any atom is -0.497 e. The maximum absolute atomic E-state index is 5.26. The molecule has 3 rings (SSSR count). The molecule has 0 atom stereocenters. The zero-order chi connectivity index (χ0) is 16.1. The Morgan fingerprint density at radius 2 is 1.96 bits per heavy atom. The minimum atomic E-state index is 0.470. The highest BCUT2D eigenvalue weighted by molar-refractivity contribution is 5.49. The van der Waals surface area contributed by atoms with Crippen molar-refractivity contribution in [2.75, 3.05) is 14.2 Å². The average Bonchev–Trinajstić information content (AvgIpc) is 3.04. The Morgan fingerprint density at radius 3 is 2.78 bits per heavy atom. The van der Waals surface area contributed by atoms with E-state index in [9.17, 15) is 0 Å². The van der Waals surface area contributed by atoms with Gasteiger partial charge in [0.2, 0.25) is 0 Å². The van der Waals surface area contributed by atoms with Gasteiger partial charge in [0.1, 0.15) is 17.8 Å². The number of hydrogen-bond donors (Lipinski definition) is 0. The summed E-state index contributed by atoms with van der Waals surface area (Å²) in [7, 11) is 3.31. The van der Waals surface area contributed by atoms with Crippen LogP contribution in [0.3, 0.4) is 0 Å². The molecule has 0 unspecified atom stereocenters. The topological polar surface area (TPSA) is 62.1 Å². The Kier molecular flexibility index (Phi) is 4.63. The van der Waals surface area contributed by atoms with Crippen LogP contribution in [0.1, 0.15) is 11.3 Å². The summed E-state index contributed by atoms with van der Waals surface area (Å²) < 4.78 is 12.2. The number of hydrogen-bond acceptors (Lipinski definition) is 5. The summed E-state index contributed by atoms with van der Waals surface area (Å²) in [6.45, 7) is 1.07. The Bertz CT molecular complexity index is 786. The van der Waals surface area contributed by atoms with Crippen molar-refractivity contribution < 1.29 is 9.47 Å². The fourth-order valence-corrected chi connectivity index (χ4v) is 2.35. The summed E-state index contributed by atoms with van der Waals surface area (Å²) in [5.74, 6) is 1.55. The van der Waals surface area contributed by atoms with Gasteiger partial charge in [0, 0.05) is 7.11 Å². The molecule has 0 saturated carbocycles. The molecule has 0 aliphatic carbocycles. The molecule has 23 heavy (non-hydrogen) atoms. The highest BCUT2D eigenvalue weighted by Gasteiger charge is 2.10. The van der Waals surface area contributed by atoms with Crippen molar-refractivity contribution in [2.45, 2.75) is 13.2 Å². The van der Waals surface area contributed by atoms with Crippen LogP contribution in [0.5, 0.6) is 5.75 Å².